The van der Waals surface area contributed by atoms with Crippen LogP contribution in [-0.4, -0.2) is 67.7 Å². The molecule has 5 nitrogen and oxygen atoms in total. The van der Waals surface area contributed by atoms with Gasteiger partial charge in [0, 0.05) is 36.1 Å². The molecule has 0 aliphatic carbocycles. The fourth-order valence-corrected chi connectivity index (χ4v) is 3.61. The molecular formula is C17H29N3O2S. The van der Waals surface area contributed by atoms with Gasteiger partial charge in [-0.3, -0.25) is 14.6 Å². The molecule has 1 unspecified atom stereocenters. The van der Waals surface area contributed by atoms with Crippen molar-refractivity contribution in [3.8, 4) is 0 Å². The van der Waals surface area contributed by atoms with Gasteiger partial charge in [-0.05, 0) is 39.3 Å². The van der Waals surface area contributed by atoms with Crippen LogP contribution in [-0.2, 0) is 9.53 Å². The zero-order valence-corrected chi connectivity index (χ0v) is 15.5. The number of hydrogen-bond donors (Lipinski definition) is 1. The largest absolute Gasteiger partial charge is 0.379 e. The van der Waals surface area contributed by atoms with E-state index in [1.807, 2.05) is 7.05 Å². The number of morpholine rings is 1. The summed E-state index contributed by atoms with van der Waals surface area (Å²) in [6, 6.07) is 4.42. The van der Waals surface area contributed by atoms with E-state index >= 15 is 0 Å². The van der Waals surface area contributed by atoms with Crippen LogP contribution in [0, 0.1) is 0 Å². The Labute approximate surface area is 143 Å². The number of likely N-dealkylation sites (N-methyl/N-ethyl adjacent to an activating group) is 1. The molecule has 0 bridgehead atoms. The molecule has 6 heteroatoms. The lowest BCUT2D eigenvalue weighted by Crippen LogP contribution is -2.56. The molecule has 0 saturated carbocycles. The summed E-state index contributed by atoms with van der Waals surface area (Å²) in [6.07, 6.45) is 0. The Morgan fingerprint density at radius 2 is 2.17 bits per heavy atom. The Hall–Kier alpha value is -0.950. The van der Waals surface area contributed by atoms with Gasteiger partial charge in [0.05, 0.1) is 19.8 Å². The van der Waals surface area contributed by atoms with E-state index in [2.05, 4.69) is 53.4 Å². The number of carbonyl (C=O) groups is 1. The lowest BCUT2D eigenvalue weighted by atomic mass is 10.0. The molecule has 0 spiro atoms. The predicted molar refractivity (Wildman–Crippen MR) is 94.8 cm³/mol. The highest BCUT2D eigenvalue weighted by molar-refractivity contribution is 7.10. The minimum atomic E-state index is -0.0443. The van der Waals surface area contributed by atoms with Crippen molar-refractivity contribution in [2.75, 3.05) is 46.4 Å². The number of carbonyl (C=O) groups excluding carboxylic acids is 1. The smallest absolute Gasteiger partial charge is 0.234 e. The summed E-state index contributed by atoms with van der Waals surface area (Å²) >= 11 is 1.73. The molecule has 1 fully saturated rings. The van der Waals surface area contributed by atoms with Crippen LogP contribution in [0.1, 0.15) is 31.7 Å². The van der Waals surface area contributed by atoms with Crippen molar-refractivity contribution in [2.45, 2.75) is 32.4 Å². The van der Waals surface area contributed by atoms with Crippen molar-refractivity contribution < 1.29 is 9.53 Å². The lowest BCUT2D eigenvalue weighted by Gasteiger charge is -2.41. The highest BCUT2D eigenvalue weighted by atomic mass is 32.1. The van der Waals surface area contributed by atoms with Gasteiger partial charge in [0.2, 0.25) is 5.91 Å². The number of thiophene rings is 1. The molecule has 2 heterocycles. The maximum absolute atomic E-state index is 12.3. The highest BCUT2D eigenvalue weighted by Crippen LogP contribution is 2.23. The van der Waals surface area contributed by atoms with Crippen molar-refractivity contribution in [3.63, 3.8) is 0 Å². The van der Waals surface area contributed by atoms with E-state index in [4.69, 9.17) is 4.74 Å². The van der Waals surface area contributed by atoms with Gasteiger partial charge in [0.15, 0.2) is 0 Å². The van der Waals surface area contributed by atoms with E-state index in [1.54, 1.807) is 11.3 Å². The zero-order valence-electron chi connectivity index (χ0n) is 14.7. The maximum Gasteiger partial charge on any atom is 0.234 e. The van der Waals surface area contributed by atoms with Crippen molar-refractivity contribution >= 4 is 17.2 Å². The fourth-order valence-electron chi connectivity index (χ4n) is 2.76. The third-order valence-corrected chi connectivity index (χ3v) is 5.64. The SMILES string of the molecule is CC(c1cccs1)N(C)CC(=O)NCC(C)(C)N1CCOCC1. The number of rotatable bonds is 7. The van der Waals surface area contributed by atoms with Crippen LogP contribution in [0.2, 0.25) is 0 Å². The molecule has 1 saturated heterocycles. The van der Waals surface area contributed by atoms with Gasteiger partial charge in [0.1, 0.15) is 0 Å². The molecule has 0 aromatic carbocycles. The van der Waals surface area contributed by atoms with Gasteiger partial charge in [-0.15, -0.1) is 11.3 Å². The predicted octanol–water partition coefficient (Wildman–Crippen LogP) is 1.97. The Morgan fingerprint density at radius 3 is 2.78 bits per heavy atom. The molecule has 1 amide bonds. The number of hydrogen-bond acceptors (Lipinski definition) is 5. The van der Waals surface area contributed by atoms with Crippen LogP contribution >= 0.6 is 11.3 Å². The first-order valence-electron chi connectivity index (χ1n) is 8.23. The van der Waals surface area contributed by atoms with Crippen molar-refractivity contribution in [1.82, 2.24) is 15.1 Å². The number of nitrogens with one attached hydrogen (secondary N) is 1. The molecule has 1 atom stereocenters. The summed E-state index contributed by atoms with van der Waals surface area (Å²) in [5.74, 6) is 0.0808. The number of nitrogens with zero attached hydrogens (tertiary/aromatic N) is 2. The molecular weight excluding hydrogens is 310 g/mol. The molecule has 23 heavy (non-hydrogen) atoms. The molecule has 2 rings (SSSR count). The molecule has 1 aliphatic heterocycles. The number of ether oxygens (including phenoxy) is 1. The number of amides is 1. The Kier molecular flexibility index (Phi) is 6.59. The lowest BCUT2D eigenvalue weighted by molar-refractivity contribution is -0.123. The molecule has 1 aromatic rings. The minimum Gasteiger partial charge on any atom is -0.379 e. The van der Waals surface area contributed by atoms with E-state index in [-0.39, 0.29) is 17.5 Å². The van der Waals surface area contributed by atoms with E-state index in [0.29, 0.717) is 13.1 Å². The minimum absolute atomic E-state index is 0.0443. The van der Waals surface area contributed by atoms with Gasteiger partial charge < -0.3 is 10.1 Å². The summed E-state index contributed by atoms with van der Waals surface area (Å²) in [5, 5.41) is 5.17. The van der Waals surface area contributed by atoms with Gasteiger partial charge >= 0.3 is 0 Å². The Balaban J connectivity index is 1.77. The molecule has 1 aromatic heterocycles. The summed E-state index contributed by atoms with van der Waals surface area (Å²) in [5.41, 5.74) is -0.0443. The second-order valence-electron chi connectivity index (χ2n) is 6.80. The monoisotopic (exact) mass is 339 g/mol. The third kappa shape index (κ3) is 5.28. The third-order valence-electron chi connectivity index (χ3n) is 4.59. The fraction of sp³-hybridized carbons (Fsp3) is 0.706. The van der Waals surface area contributed by atoms with E-state index in [9.17, 15) is 4.79 Å². The quantitative estimate of drug-likeness (QED) is 0.825. The van der Waals surface area contributed by atoms with Crippen LogP contribution in [0.4, 0.5) is 0 Å². The zero-order chi connectivity index (χ0) is 16.9. The molecule has 1 aliphatic rings. The van der Waals surface area contributed by atoms with E-state index in [0.717, 1.165) is 26.3 Å². The van der Waals surface area contributed by atoms with Gasteiger partial charge in [-0.25, -0.2) is 0 Å². The van der Waals surface area contributed by atoms with Crippen molar-refractivity contribution in [3.05, 3.63) is 22.4 Å². The van der Waals surface area contributed by atoms with Crippen molar-refractivity contribution in [1.29, 1.82) is 0 Å². The summed E-state index contributed by atoms with van der Waals surface area (Å²) < 4.78 is 5.40. The van der Waals surface area contributed by atoms with Gasteiger partial charge in [-0.1, -0.05) is 6.07 Å². The van der Waals surface area contributed by atoms with Crippen LogP contribution in [0.25, 0.3) is 0 Å². The summed E-state index contributed by atoms with van der Waals surface area (Å²) in [6.45, 7) is 11.0. The Morgan fingerprint density at radius 1 is 1.48 bits per heavy atom. The summed E-state index contributed by atoms with van der Waals surface area (Å²) in [7, 11) is 2.00. The normalized spacial score (nSPS) is 18.1. The van der Waals surface area contributed by atoms with Gasteiger partial charge in [-0.2, -0.15) is 0 Å². The molecule has 0 radical (unpaired) electrons. The average molecular weight is 340 g/mol. The highest BCUT2D eigenvalue weighted by Gasteiger charge is 2.28. The average Bonchev–Trinajstić information content (AvgIpc) is 3.07. The van der Waals surface area contributed by atoms with E-state index in [1.165, 1.54) is 4.88 Å². The maximum atomic E-state index is 12.3. The van der Waals surface area contributed by atoms with Gasteiger partial charge in [0.25, 0.3) is 0 Å². The van der Waals surface area contributed by atoms with Crippen LogP contribution in [0.5, 0.6) is 0 Å². The second-order valence-corrected chi connectivity index (χ2v) is 7.77. The van der Waals surface area contributed by atoms with Crippen molar-refractivity contribution in [2.24, 2.45) is 0 Å². The topological polar surface area (TPSA) is 44.8 Å². The first-order valence-corrected chi connectivity index (χ1v) is 9.11. The molecule has 1 N–H and O–H groups in total. The Bertz CT molecular complexity index is 484. The van der Waals surface area contributed by atoms with Crippen LogP contribution in [0.15, 0.2) is 17.5 Å². The first-order chi connectivity index (χ1) is 10.9. The molecule has 130 valence electrons. The standard InChI is InChI=1S/C17H29N3O2S/c1-14(15-6-5-11-23-15)19(4)12-16(21)18-13-17(2,3)20-7-9-22-10-8-20/h5-6,11,14H,7-10,12-13H2,1-4H3,(H,18,21). The van der Waals surface area contributed by atoms with Crippen LogP contribution in [0.3, 0.4) is 0 Å². The van der Waals surface area contributed by atoms with E-state index < -0.39 is 0 Å². The van der Waals surface area contributed by atoms with Crippen LogP contribution < -0.4 is 5.32 Å². The summed E-state index contributed by atoms with van der Waals surface area (Å²) in [4.78, 5) is 18.0. The second kappa shape index (κ2) is 8.24. The first kappa shape index (κ1) is 18.4.